The number of amides is 1. The van der Waals surface area contributed by atoms with E-state index < -0.39 is 30.0 Å². The number of carboxylic acids is 1. The molecule has 8 nitrogen and oxygen atoms in total. The number of rotatable bonds is 10. The Morgan fingerprint density at radius 1 is 1.21 bits per heavy atom. The molecular weight excluding hydrogens is 491 g/mol. The zero-order valence-corrected chi connectivity index (χ0v) is 22.6. The van der Waals surface area contributed by atoms with Gasteiger partial charge < -0.3 is 25.0 Å². The van der Waals surface area contributed by atoms with Crippen LogP contribution in [0.2, 0.25) is 0 Å². The largest absolute Gasteiger partial charge is 0.481 e. The van der Waals surface area contributed by atoms with Crippen molar-refractivity contribution < 1.29 is 34.0 Å². The first-order valence-electron chi connectivity index (χ1n) is 12.7. The highest BCUT2D eigenvalue weighted by atomic mass is 19.1. The molecule has 2 heterocycles. The van der Waals surface area contributed by atoms with Gasteiger partial charge in [0.2, 0.25) is 5.91 Å². The average molecular weight is 529 g/mol. The quantitative estimate of drug-likeness (QED) is 0.428. The van der Waals surface area contributed by atoms with Gasteiger partial charge in [0.15, 0.2) is 0 Å². The van der Waals surface area contributed by atoms with E-state index in [2.05, 4.69) is 0 Å². The molecule has 0 saturated carbocycles. The molecule has 1 aliphatic rings. The number of hydrogen-bond donors (Lipinski definition) is 3. The third-order valence-corrected chi connectivity index (χ3v) is 6.65. The second-order valence-electron chi connectivity index (χ2n) is 10.8. The zero-order valence-electron chi connectivity index (χ0n) is 22.6. The van der Waals surface area contributed by atoms with Crippen molar-refractivity contribution in [2.45, 2.75) is 70.6 Å². The Balaban J connectivity index is 2.22. The van der Waals surface area contributed by atoms with Crippen molar-refractivity contribution in [3.63, 3.8) is 0 Å². The fourth-order valence-corrected chi connectivity index (χ4v) is 4.97. The van der Waals surface area contributed by atoms with Gasteiger partial charge in [0.1, 0.15) is 12.4 Å². The van der Waals surface area contributed by atoms with E-state index in [1.807, 2.05) is 27.7 Å². The molecule has 0 saturated heterocycles. The Morgan fingerprint density at radius 2 is 1.87 bits per heavy atom. The van der Waals surface area contributed by atoms with E-state index in [9.17, 15) is 24.2 Å². The summed E-state index contributed by atoms with van der Waals surface area (Å²) in [6.07, 6.45) is 0.325. The number of aliphatic hydroxyl groups is 2. The van der Waals surface area contributed by atoms with E-state index in [1.165, 1.54) is 25.3 Å². The molecule has 206 valence electrons. The molecule has 0 radical (unpaired) electrons. The van der Waals surface area contributed by atoms with Gasteiger partial charge in [0.05, 0.1) is 30.0 Å². The first kappa shape index (κ1) is 29.4. The lowest BCUT2D eigenvalue weighted by molar-refractivity contribution is -0.139. The Hall–Kier alpha value is -3.14. The number of aromatic nitrogens is 1. The van der Waals surface area contributed by atoms with Gasteiger partial charge in [-0.1, -0.05) is 52.0 Å². The molecular formula is C29H37FN2O6. The maximum absolute atomic E-state index is 13.9. The lowest BCUT2D eigenvalue weighted by atomic mass is 9.77. The van der Waals surface area contributed by atoms with Gasteiger partial charge in [0, 0.05) is 43.2 Å². The van der Waals surface area contributed by atoms with Gasteiger partial charge in [-0.25, -0.2) is 4.39 Å². The van der Waals surface area contributed by atoms with Crippen LogP contribution in [0.3, 0.4) is 0 Å². The van der Waals surface area contributed by atoms with Gasteiger partial charge in [-0.3, -0.25) is 14.6 Å². The highest BCUT2D eigenvalue weighted by molar-refractivity contribution is 5.83. The Labute approximate surface area is 222 Å². The molecule has 3 rings (SSSR count). The molecule has 0 spiro atoms. The number of aliphatic carboxylic acids is 1. The third kappa shape index (κ3) is 6.83. The summed E-state index contributed by atoms with van der Waals surface area (Å²) in [6, 6.07) is 6.12. The minimum atomic E-state index is -1.20. The van der Waals surface area contributed by atoms with Gasteiger partial charge in [-0.2, -0.15) is 0 Å². The predicted molar refractivity (Wildman–Crippen MR) is 142 cm³/mol. The minimum Gasteiger partial charge on any atom is -0.481 e. The standard InChI is InChI=1S/C29H37FN2O6/c1-17(2)27-22(11-10-20(33)12-21(34)13-25(36)37)26(18-6-8-19(30)9-7-18)23-14-32(24(35)15-38-5)16-29(3,4)28(23)31-27/h6-11,17,20-21,33-34H,12-16H2,1-5H3,(H,36,37)/b11-10+/t20-,21-/m1/s1. The molecule has 38 heavy (non-hydrogen) atoms. The minimum absolute atomic E-state index is 0.00200. The summed E-state index contributed by atoms with van der Waals surface area (Å²) >= 11 is 0. The van der Waals surface area contributed by atoms with Crippen LogP contribution in [0.1, 0.15) is 69.0 Å². The van der Waals surface area contributed by atoms with Gasteiger partial charge in [-0.05, 0) is 29.2 Å². The number of aliphatic hydroxyl groups excluding tert-OH is 2. The number of methoxy groups -OCH3 is 1. The fraction of sp³-hybridized carbons (Fsp3) is 0.483. The maximum atomic E-state index is 13.9. The summed E-state index contributed by atoms with van der Waals surface area (Å²) in [7, 11) is 1.48. The number of carboxylic acid groups (broad SMARTS) is 1. The summed E-state index contributed by atoms with van der Waals surface area (Å²) in [5.74, 6) is -1.68. The molecule has 9 heteroatoms. The van der Waals surface area contributed by atoms with Crippen molar-refractivity contribution in [3.8, 4) is 11.1 Å². The van der Waals surface area contributed by atoms with Crippen LogP contribution in [-0.4, -0.2) is 69.5 Å². The number of hydrogen-bond acceptors (Lipinski definition) is 6. The number of carbonyl (C=O) groups is 2. The van der Waals surface area contributed by atoms with Crippen molar-refractivity contribution >= 4 is 18.0 Å². The summed E-state index contributed by atoms with van der Waals surface area (Å²) in [6.45, 7) is 8.80. The zero-order chi connectivity index (χ0) is 28.2. The summed E-state index contributed by atoms with van der Waals surface area (Å²) in [4.78, 5) is 30.6. The number of halogens is 1. The summed E-state index contributed by atoms with van der Waals surface area (Å²) in [5, 5.41) is 29.4. The highest BCUT2D eigenvalue weighted by Crippen LogP contribution is 2.42. The van der Waals surface area contributed by atoms with Crippen LogP contribution in [-0.2, 0) is 26.3 Å². The first-order valence-corrected chi connectivity index (χ1v) is 12.7. The summed E-state index contributed by atoms with van der Waals surface area (Å²) < 4.78 is 19.0. The van der Waals surface area contributed by atoms with Crippen LogP contribution in [0.15, 0.2) is 30.3 Å². The smallest absolute Gasteiger partial charge is 0.305 e. The normalized spacial score (nSPS) is 16.5. The summed E-state index contributed by atoms with van der Waals surface area (Å²) in [5.41, 5.74) is 4.24. The number of nitrogens with zero attached hydrogens (tertiary/aromatic N) is 2. The lowest BCUT2D eigenvalue weighted by Crippen LogP contribution is -2.47. The van der Waals surface area contributed by atoms with Gasteiger partial charge in [-0.15, -0.1) is 0 Å². The van der Waals surface area contributed by atoms with E-state index >= 15 is 0 Å². The first-order chi connectivity index (χ1) is 17.8. The van der Waals surface area contributed by atoms with Gasteiger partial charge in [0.25, 0.3) is 0 Å². The number of pyridine rings is 1. The number of carbonyl (C=O) groups excluding carboxylic acids is 1. The lowest BCUT2D eigenvalue weighted by Gasteiger charge is -2.41. The van der Waals surface area contributed by atoms with Crippen LogP contribution in [0, 0.1) is 5.82 Å². The molecule has 1 amide bonds. The van der Waals surface area contributed by atoms with Crippen molar-refractivity contribution in [2.24, 2.45) is 0 Å². The van der Waals surface area contributed by atoms with Crippen LogP contribution >= 0.6 is 0 Å². The van der Waals surface area contributed by atoms with Crippen LogP contribution in [0.25, 0.3) is 17.2 Å². The predicted octanol–water partition coefficient (Wildman–Crippen LogP) is 3.88. The topological polar surface area (TPSA) is 120 Å². The Bertz CT molecular complexity index is 1190. The van der Waals surface area contributed by atoms with E-state index in [0.717, 1.165) is 28.1 Å². The molecule has 1 aromatic heterocycles. The number of fused-ring (bicyclic) bond motifs is 1. The average Bonchev–Trinajstić information content (AvgIpc) is 2.81. The monoisotopic (exact) mass is 528 g/mol. The molecule has 1 aliphatic heterocycles. The van der Waals surface area contributed by atoms with E-state index in [0.29, 0.717) is 18.7 Å². The van der Waals surface area contributed by atoms with Crippen molar-refractivity contribution in [1.29, 1.82) is 0 Å². The molecule has 0 bridgehead atoms. The van der Waals surface area contributed by atoms with E-state index in [-0.39, 0.29) is 30.7 Å². The van der Waals surface area contributed by atoms with Crippen molar-refractivity contribution in [2.75, 3.05) is 20.3 Å². The molecule has 2 aromatic rings. The van der Waals surface area contributed by atoms with E-state index in [1.54, 1.807) is 23.1 Å². The van der Waals surface area contributed by atoms with Crippen molar-refractivity contribution in [3.05, 3.63) is 58.7 Å². The van der Waals surface area contributed by atoms with E-state index in [4.69, 9.17) is 14.8 Å². The highest BCUT2D eigenvalue weighted by Gasteiger charge is 2.38. The SMILES string of the molecule is COCC(=O)N1Cc2c(nc(C(C)C)c(/C=C/[C@@H](O)C[C@@H](O)CC(=O)O)c2-c2ccc(F)cc2)C(C)(C)C1. The Morgan fingerprint density at radius 3 is 2.45 bits per heavy atom. The number of benzene rings is 1. The molecule has 1 aromatic carbocycles. The van der Waals surface area contributed by atoms with Crippen LogP contribution in [0.5, 0.6) is 0 Å². The molecule has 2 atom stereocenters. The molecule has 3 N–H and O–H groups in total. The van der Waals surface area contributed by atoms with Gasteiger partial charge >= 0.3 is 5.97 Å². The van der Waals surface area contributed by atoms with Crippen LogP contribution < -0.4 is 0 Å². The maximum Gasteiger partial charge on any atom is 0.305 e. The van der Waals surface area contributed by atoms with Crippen LogP contribution in [0.4, 0.5) is 4.39 Å². The molecule has 0 unspecified atom stereocenters. The second-order valence-corrected chi connectivity index (χ2v) is 10.8. The number of ether oxygens (including phenoxy) is 1. The fourth-order valence-electron chi connectivity index (χ4n) is 4.97. The Kier molecular flexibility index (Phi) is 9.40. The second kappa shape index (κ2) is 12.1. The molecule has 0 aliphatic carbocycles. The molecule has 0 fully saturated rings. The van der Waals surface area contributed by atoms with Crippen molar-refractivity contribution in [1.82, 2.24) is 9.88 Å². The third-order valence-electron chi connectivity index (χ3n) is 6.65.